The Kier molecular flexibility index (Phi) is 1.81. The van der Waals surface area contributed by atoms with Gasteiger partial charge in [0, 0.05) is 29.9 Å². The van der Waals surface area contributed by atoms with Gasteiger partial charge in [0.25, 0.3) is 5.69 Å². The molecule has 1 aromatic heterocycles. The monoisotopic (exact) mass is 188 g/mol. The number of hydrogen-bond donors (Lipinski definition) is 0. The fourth-order valence-corrected chi connectivity index (χ4v) is 1.42. The van der Waals surface area contributed by atoms with E-state index in [9.17, 15) is 10.1 Å². The Hall–Kier alpha value is -2.10. The Bertz CT molecular complexity index is 514. The lowest BCUT2D eigenvalue weighted by Crippen LogP contribution is -1.87. The number of nitro benzene ring substituents is 1. The lowest BCUT2D eigenvalue weighted by atomic mass is 10.2. The van der Waals surface area contributed by atoms with Crippen LogP contribution in [0, 0.1) is 10.1 Å². The molecule has 0 fully saturated rings. The van der Waals surface area contributed by atoms with Crippen molar-refractivity contribution >= 4 is 22.8 Å². The summed E-state index contributed by atoms with van der Waals surface area (Å²) in [7, 11) is 0. The topological polar surface area (TPSA) is 48.1 Å². The van der Waals surface area contributed by atoms with Crippen LogP contribution in [0.25, 0.3) is 17.1 Å². The highest BCUT2D eigenvalue weighted by molar-refractivity contribution is 5.84. The van der Waals surface area contributed by atoms with Gasteiger partial charge >= 0.3 is 0 Å². The third-order valence-electron chi connectivity index (χ3n) is 2.11. The summed E-state index contributed by atoms with van der Waals surface area (Å²) in [6, 6.07) is 6.58. The van der Waals surface area contributed by atoms with Gasteiger partial charge in [0.1, 0.15) is 0 Å². The van der Waals surface area contributed by atoms with E-state index in [1.807, 2.05) is 16.8 Å². The van der Waals surface area contributed by atoms with E-state index < -0.39 is 4.92 Å². The molecular formula is C10H8N2O2. The Morgan fingerprint density at radius 2 is 2.21 bits per heavy atom. The van der Waals surface area contributed by atoms with Gasteiger partial charge in [-0.2, -0.15) is 0 Å². The molecule has 2 aromatic rings. The SMILES string of the molecule is C=Cn1ccc2cc([N+](=O)[O-])ccc21. The van der Waals surface area contributed by atoms with Crippen LogP contribution in [-0.4, -0.2) is 9.49 Å². The Balaban J connectivity index is 2.68. The second kappa shape index (κ2) is 2.99. The second-order valence-electron chi connectivity index (χ2n) is 2.91. The molecular weight excluding hydrogens is 180 g/mol. The molecule has 0 atom stereocenters. The lowest BCUT2D eigenvalue weighted by molar-refractivity contribution is -0.384. The zero-order valence-corrected chi connectivity index (χ0v) is 7.38. The maximum Gasteiger partial charge on any atom is 0.270 e. The van der Waals surface area contributed by atoms with Crippen LogP contribution in [0.2, 0.25) is 0 Å². The van der Waals surface area contributed by atoms with Crippen molar-refractivity contribution in [2.75, 3.05) is 0 Å². The highest BCUT2D eigenvalue weighted by Crippen LogP contribution is 2.21. The van der Waals surface area contributed by atoms with Gasteiger partial charge in [0.2, 0.25) is 0 Å². The molecule has 0 aliphatic heterocycles. The van der Waals surface area contributed by atoms with Crippen LogP contribution in [0.4, 0.5) is 5.69 Å². The van der Waals surface area contributed by atoms with Gasteiger partial charge in [-0.15, -0.1) is 0 Å². The molecule has 70 valence electrons. The van der Waals surface area contributed by atoms with Crippen molar-refractivity contribution < 1.29 is 4.92 Å². The van der Waals surface area contributed by atoms with Gasteiger partial charge in [0.15, 0.2) is 0 Å². The highest BCUT2D eigenvalue weighted by atomic mass is 16.6. The van der Waals surface area contributed by atoms with Gasteiger partial charge in [0.05, 0.1) is 10.4 Å². The number of rotatable bonds is 2. The summed E-state index contributed by atoms with van der Waals surface area (Å²) in [5, 5.41) is 11.3. The van der Waals surface area contributed by atoms with E-state index in [4.69, 9.17) is 0 Å². The molecule has 0 aliphatic carbocycles. The van der Waals surface area contributed by atoms with Gasteiger partial charge in [-0.25, -0.2) is 0 Å². The van der Waals surface area contributed by atoms with Crippen molar-refractivity contribution in [3.8, 4) is 0 Å². The summed E-state index contributed by atoms with van der Waals surface area (Å²) in [5.41, 5.74) is 1.03. The first-order valence-corrected chi connectivity index (χ1v) is 4.10. The van der Waals surface area contributed by atoms with Crippen molar-refractivity contribution in [2.24, 2.45) is 0 Å². The average molecular weight is 188 g/mol. The summed E-state index contributed by atoms with van der Waals surface area (Å²) < 4.78 is 1.82. The van der Waals surface area contributed by atoms with Crippen molar-refractivity contribution in [2.45, 2.75) is 0 Å². The summed E-state index contributed by atoms with van der Waals surface area (Å²) in [6.45, 7) is 3.64. The fraction of sp³-hybridized carbons (Fsp3) is 0. The fourth-order valence-electron chi connectivity index (χ4n) is 1.42. The first-order valence-electron chi connectivity index (χ1n) is 4.10. The van der Waals surface area contributed by atoms with Crippen molar-refractivity contribution in [1.82, 2.24) is 4.57 Å². The number of nitro groups is 1. The van der Waals surface area contributed by atoms with Crippen LogP contribution < -0.4 is 0 Å². The molecule has 0 N–H and O–H groups in total. The first kappa shape index (κ1) is 8.50. The Morgan fingerprint density at radius 3 is 2.86 bits per heavy atom. The molecule has 1 heterocycles. The number of nitrogens with zero attached hydrogens (tertiary/aromatic N) is 2. The van der Waals surface area contributed by atoms with Crippen molar-refractivity contribution in [1.29, 1.82) is 0 Å². The first-order chi connectivity index (χ1) is 6.72. The van der Waals surface area contributed by atoms with Crippen molar-refractivity contribution in [3.05, 3.63) is 47.2 Å². The van der Waals surface area contributed by atoms with Crippen LogP contribution in [0.15, 0.2) is 37.0 Å². The lowest BCUT2D eigenvalue weighted by Gasteiger charge is -1.96. The minimum Gasteiger partial charge on any atom is -0.324 e. The number of aromatic nitrogens is 1. The largest absolute Gasteiger partial charge is 0.324 e. The van der Waals surface area contributed by atoms with E-state index in [0.717, 1.165) is 10.9 Å². The predicted molar refractivity (Wildman–Crippen MR) is 55.0 cm³/mol. The minimum absolute atomic E-state index is 0.110. The van der Waals surface area contributed by atoms with Crippen LogP contribution in [0.3, 0.4) is 0 Å². The van der Waals surface area contributed by atoms with Crippen LogP contribution >= 0.6 is 0 Å². The number of benzene rings is 1. The molecule has 2 rings (SSSR count). The normalized spacial score (nSPS) is 10.3. The smallest absolute Gasteiger partial charge is 0.270 e. The maximum atomic E-state index is 10.5. The van der Waals surface area contributed by atoms with Crippen molar-refractivity contribution in [3.63, 3.8) is 0 Å². The van der Waals surface area contributed by atoms with E-state index in [-0.39, 0.29) is 5.69 Å². The zero-order valence-electron chi connectivity index (χ0n) is 7.38. The van der Waals surface area contributed by atoms with Gasteiger partial charge in [-0.3, -0.25) is 10.1 Å². The quantitative estimate of drug-likeness (QED) is 0.537. The minimum atomic E-state index is -0.398. The molecule has 0 unspecified atom stereocenters. The zero-order chi connectivity index (χ0) is 10.1. The van der Waals surface area contributed by atoms with Crippen LogP contribution in [-0.2, 0) is 0 Å². The molecule has 0 saturated heterocycles. The molecule has 0 aliphatic rings. The molecule has 0 radical (unpaired) electrons. The predicted octanol–water partition coefficient (Wildman–Crippen LogP) is 2.65. The Morgan fingerprint density at radius 1 is 1.43 bits per heavy atom. The number of fused-ring (bicyclic) bond motifs is 1. The summed E-state index contributed by atoms with van der Waals surface area (Å²) >= 11 is 0. The molecule has 0 amide bonds. The Labute approximate surface area is 80.2 Å². The number of non-ortho nitro benzene ring substituents is 1. The average Bonchev–Trinajstić information content (AvgIpc) is 2.59. The molecule has 14 heavy (non-hydrogen) atoms. The van der Waals surface area contributed by atoms with E-state index >= 15 is 0 Å². The van der Waals surface area contributed by atoms with Gasteiger partial charge < -0.3 is 4.57 Å². The standard InChI is InChI=1S/C10H8N2O2/c1-2-11-6-5-8-7-9(12(13)14)3-4-10(8)11/h2-7H,1H2. The maximum absolute atomic E-state index is 10.5. The van der Waals surface area contributed by atoms with Crippen LogP contribution in [0.1, 0.15) is 0 Å². The molecule has 0 spiro atoms. The summed E-state index contributed by atoms with van der Waals surface area (Å²) in [4.78, 5) is 10.1. The molecule has 0 saturated carbocycles. The van der Waals surface area contributed by atoms with E-state index in [2.05, 4.69) is 6.58 Å². The molecule has 0 bridgehead atoms. The van der Waals surface area contributed by atoms with E-state index in [1.54, 1.807) is 18.3 Å². The van der Waals surface area contributed by atoms with Gasteiger partial charge in [-0.1, -0.05) is 6.58 Å². The number of hydrogen-bond acceptors (Lipinski definition) is 2. The van der Waals surface area contributed by atoms with Crippen LogP contribution in [0.5, 0.6) is 0 Å². The summed E-state index contributed by atoms with van der Waals surface area (Å²) in [6.07, 6.45) is 3.48. The molecule has 4 nitrogen and oxygen atoms in total. The third kappa shape index (κ3) is 1.17. The second-order valence-corrected chi connectivity index (χ2v) is 2.91. The third-order valence-corrected chi connectivity index (χ3v) is 2.11. The highest BCUT2D eigenvalue weighted by Gasteiger charge is 2.07. The van der Waals surface area contributed by atoms with E-state index in [0.29, 0.717) is 0 Å². The molecule has 1 aromatic carbocycles. The molecule has 4 heteroatoms. The van der Waals surface area contributed by atoms with Gasteiger partial charge in [-0.05, 0) is 12.1 Å². The van der Waals surface area contributed by atoms with E-state index in [1.165, 1.54) is 6.07 Å². The summed E-state index contributed by atoms with van der Waals surface area (Å²) in [5.74, 6) is 0.